The molecule has 0 bridgehead atoms. The van der Waals surface area contributed by atoms with Crippen molar-refractivity contribution in [3.8, 4) is 0 Å². The zero-order valence-corrected chi connectivity index (χ0v) is 13.1. The quantitative estimate of drug-likeness (QED) is 0.807. The van der Waals surface area contributed by atoms with Crippen LogP contribution in [0.15, 0.2) is 35.1 Å². The number of carboxylic acid groups (broad SMARTS) is 1. The molecule has 0 radical (unpaired) electrons. The van der Waals surface area contributed by atoms with Gasteiger partial charge in [0.25, 0.3) is 0 Å². The molecule has 1 aromatic carbocycles. The third kappa shape index (κ3) is 3.15. The molecular formula is C15H18N4O4. The van der Waals surface area contributed by atoms with Crippen molar-refractivity contribution in [2.24, 2.45) is 7.05 Å². The lowest BCUT2D eigenvalue weighted by atomic mass is 9.92. The maximum absolute atomic E-state index is 12.2. The van der Waals surface area contributed by atoms with Crippen LogP contribution in [0.2, 0.25) is 0 Å². The van der Waals surface area contributed by atoms with Crippen LogP contribution in [-0.4, -0.2) is 31.3 Å². The van der Waals surface area contributed by atoms with Gasteiger partial charge in [-0.05, 0) is 19.4 Å². The fraction of sp³-hybridized carbons (Fsp3) is 0.333. The second-order valence-electron chi connectivity index (χ2n) is 5.39. The largest absolute Gasteiger partial charge is 0.479 e. The Kier molecular flexibility index (Phi) is 4.35. The Hall–Kier alpha value is -2.90. The van der Waals surface area contributed by atoms with Crippen molar-refractivity contribution in [3.05, 3.63) is 52.2 Å². The topological polar surface area (TPSA) is 106 Å². The fourth-order valence-corrected chi connectivity index (χ4v) is 2.17. The highest BCUT2D eigenvalue weighted by molar-refractivity contribution is 5.87. The van der Waals surface area contributed by atoms with E-state index < -0.39 is 23.1 Å². The van der Waals surface area contributed by atoms with E-state index in [2.05, 4.69) is 10.4 Å². The van der Waals surface area contributed by atoms with Gasteiger partial charge in [0.1, 0.15) is 12.4 Å². The van der Waals surface area contributed by atoms with Gasteiger partial charge in [-0.2, -0.15) is 5.10 Å². The number of aromatic nitrogens is 3. The number of amides is 1. The Labute approximate surface area is 132 Å². The highest BCUT2D eigenvalue weighted by atomic mass is 16.4. The number of nitrogens with one attached hydrogen (secondary N) is 1. The molecule has 0 saturated heterocycles. The van der Waals surface area contributed by atoms with Crippen molar-refractivity contribution in [2.75, 3.05) is 0 Å². The summed E-state index contributed by atoms with van der Waals surface area (Å²) in [6.07, 6.45) is 0. The first kappa shape index (κ1) is 16.5. The van der Waals surface area contributed by atoms with E-state index in [9.17, 15) is 19.5 Å². The van der Waals surface area contributed by atoms with Crippen molar-refractivity contribution < 1.29 is 14.7 Å². The first-order valence-electron chi connectivity index (χ1n) is 6.96. The first-order valence-corrected chi connectivity index (χ1v) is 6.96. The van der Waals surface area contributed by atoms with Gasteiger partial charge in [-0.3, -0.25) is 9.36 Å². The standard InChI is InChI=1S/C15H18N4O4/c1-10-17-19(14(23)18(10)3)9-12(20)16-15(2,13(21)22)11-7-5-4-6-8-11/h4-8H,9H2,1-3H3,(H,16,20)(H,21,22). The van der Waals surface area contributed by atoms with Crippen molar-refractivity contribution >= 4 is 11.9 Å². The SMILES string of the molecule is Cc1nn(CC(=O)NC(C)(C(=O)O)c2ccccc2)c(=O)n1C. The van der Waals surface area contributed by atoms with Crippen LogP contribution >= 0.6 is 0 Å². The molecule has 0 spiro atoms. The maximum atomic E-state index is 12.2. The monoisotopic (exact) mass is 318 g/mol. The second kappa shape index (κ2) is 6.07. The van der Waals surface area contributed by atoms with Gasteiger partial charge in [-0.25, -0.2) is 14.3 Å². The highest BCUT2D eigenvalue weighted by Gasteiger charge is 2.36. The van der Waals surface area contributed by atoms with Gasteiger partial charge in [0.2, 0.25) is 5.91 Å². The van der Waals surface area contributed by atoms with Crippen molar-refractivity contribution in [1.82, 2.24) is 19.7 Å². The lowest BCUT2D eigenvalue weighted by Crippen LogP contribution is -2.51. The normalized spacial score (nSPS) is 13.3. The molecule has 2 aromatic rings. The molecule has 122 valence electrons. The number of aliphatic carboxylic acids is 1. The molecule has 1 amide bonds. The molecule has 1 atom stereocenters. The molecule has 0 aliphatic carbocycles. The van der Waals surface area contributed by atoms with Crippen LogP contribution < -0.4 is 11.0 Å². The molecule has 2 N–H and O–H groups in total. The van der Waals surface area contributed by atoms with Crippen molar-refractivity contribution in [3.63, 3.8) is 0 Å². The highest BCUT2D eigenvalue weighted by Crippen LogP contribution is 2.20. The third-order valence-corrected chi connectivity index (χ3v) is 3.72. The van der Waals surface area contributed by atoms with Crippen molar-refractivity contribution in [1.29, 1.82) is 0 Å². The van der Waals surface area contributed by atoms with E-state index in [4.69, 9.17) is 0 Å². The summed E-state index contributed by atoms with van der Waals surface area (Å²) >= 11 is 0. The molecular weight excluding hydrogens is 300 g/mol. The van der Waals surface area contributed by atoms with Gasteiger partial charge in [0.15, 0.2) is 5.54 Å². The van der Waals surface area contributed by atoms with E-state index in [1.165, 1.54) is 11.5 Å². The molecule has 1 aromatic heterocycles. The minimum Gasteiger partial charge on any atom is -0.479 e. The Balaban J connectivity index is 2.24. The van der Waals surface area contributed by atoms with Crippen LogP contribution in [0.3, 0.4) is 0 Å². The number of carbonyl (C=O) groups excluding carboxylic acids is 1. The average Bonchev–Trinajstić information content (AvgIpc) is 2.75. The molecule has 1 heterocycles. The van der Waals surface area contributed by atoms with E-state index in [0.717, 1.165) is 4.68 Å². The maximum Gasteiger partial charge on any atom is 0.346 e. The number of carboxylic acids is 1. The molecule has 0 saturated carbocycles. The molecule has 0 aliphatic heterocycles. The van der Waals surface area contributed by atoms with Crippen LogP contribution in [0.4, 0.5) is 0 Å². The minimum atomic E-state index is -1.59. The van der Waals surface area contributed by atoms with Crippen LogP contribution in [0.5, 0.6) is 0 Å². The number of carbonyl (C=O) groups is 2. The lowest BCUT2D eigenvalue weighted by Gasteiger charge is -2.26. The zero-order chi connectivity index (χ0) is 17.2. The molecule has 0 aliphatic rings. The Bertz CT molecular complexity index is 794. The van der Waals surface area contributed by atoms with Crippen LogP contribution in [0.1, 0.15) is 18.3 Å². The first-order chi connectivity index (χ1) is 10.8. The van der Waals surface area contributed by atoms with Gasteiger partial charge in [-0.1, -0.05) is 30.3 Å². The third-order valence-electron chi connectivity index (χ3n) is 3.72. The summed E-state index contributed by atoms with van der Waals surface area (Å²) in [5.41, 5.74) is -1.59. The van der Waals surface area contributed by atoms with Crippen molar-refractivity contribution in [2.45, 2.75) is 25.9 Å². The number of aryl methyl sites for hydroxylation is 1. The minimum absolute atomic E-state index is 0.351. The molecule has 23 heavy (non-hydrogen) atoms. The number of hydrogen-bond acceptors (Lipinski definition) is 4. The summed E-state index contributed by atoms with van der Waals surface area (Å²) in [5.74, 6) is -1.34. The fourth-order valence-electron chi connectivity index (χ4n) is 2.17. The lowest BCUT2D eigenvalue weighted by molar-refractivity contribution is -0.147. The number of rotatable bonds is 5. The van der Waals surface area contributed by atoms with E-state index >= 15 is 0 Å². The number of hydrogen-bond donors (Lipinski definition) is 2. The molecule has 1 unspecified atom stereocenters. The van der Waals surface area contributed by atoms with Crippen LogP contribution in [-0.2, 0) is 28.7 Å². The second-order valence-corrected chi connectivity index (χ2v) is 5.39. The molecule has 2 rings (SSSR count). The number of nitrogens with zero attached hydrogens (tertiary/aromatic N) is 3. The molecule has 8 heteroatoms. The van der Waals surface area contributed by atoms with E-state index in [1.54, 1.807) is 44.3 Å². The summed E-state index contributed by atoms with van der Waals surface area (Å²) in [6, 6.07) is 8.37. The van der Waals surface area contributed by atoms with Crippen LogP contribution in [0, 0.1) is 6.92 Å². The zero-order valence-electron chi connectivity index (χ0n) is 13.1. The Morgan fingerprint density at radius 3 is 2.39 bits per heavy atom. The Morgan fingerprint density at radius 2 is 1.91 bits per heavy atom. The average molecular weight is 318 g/mol. The van der Waals surface area contributed by atoms with E-state index in [-0.39, 0.29) is 6.54 Å². The van der Waals surface area contributed by atoms with Gasteiger partial charge >= 0.3 is 11.7 Å². The predicted octanol–water partition coefficient (Wildman–Crippen LogP) is 0.00642. The van der Waals surface area contributed by atoms with Gasteiger partial charge in [-0.15, -0.1) is 0 Å². The van der Waals surface area contributed by atoms with Gasteiger partial charge < -0.3 is 10.4 Å². The summed E-state index contributed by atoms with van der Waals surface area (Å²) in [7, 11) is 1.55. The predicted molar refractivity (Wildman–Crippen MR) is 81.8 cm³/mol. The van der Waals surface area contributed by atoms with E-state index in [0.29, 0.717) is 11.4 Å². The van der Waals surface area contributed by atoms with Crippen LogP contribution in [0.25, 0.3) is 0 Å². The number of benzene rings is 1. The molecule has 0 fully saturated rings. The van der Waals surface area contributed by atoms with Gasteiger partial charge in [0.05, 0.1) is 0 Å². The summed E-state index contributed by atoms with van der Waals surface area (Å²) in [5, 5.41) is 15.9. The Morgan fingerprint density at radius 1 is 1.30 bits per heavy atom. The summed E-state index contributed by atoms with van der Waals surface area (Å²) < 4.78 is 2.30. The van der Waals surface area contributed by atoms with Gasteiger partial charge in [0, 0.05) is 7.05 Å². The summed E-state index contributed by atoms with van der Waals surface area (Å²) in [4.78, 5) is 35.7. The smallest absolute Gasteiger partial charge is 0.346 e. The summed E-state index contributed by atoms with van der Waals surface area (Å²) in [6.45, 7) is 2.69. The molecule has 8 nitrogen and oxygen atoms in total. The van der Waals surface area contributed by atoms with E-state index in [1.807, 2.05) is 0 Å².